The first kappa shape index (κ1) is 14.4. The van der Waals surface area contributed by atoms with Gasteiger partial charge < -0.3 is 10.4 Å². The molecule has 0 aliphatic carbocycles. The van der Waals surface area contributed by atoms with Crippen molar-refractivity contribution in [2.24, 2.45) is 5.92 Å². The third-order valence-corrected chi connectivity index (χ3v) is 4.02. The van der Waals surface area contributed by atoms with Crippen molar-refractivity contribution in [2.75, 3.05) is 6.54 Å². The first-order valence-corrected chi connectivity index (χ1v) is 6.97. The quantitative estimate of drug-likeness (QED) is 0.880. The number of aliphatic hydroxyl groups excluding tert-OH is 1. The van der Waals surface area contributed by atoms with Crippen molar-refractivity contribution >= 4 is 0 Å². The van der Waals surface area contributed by atoms with Crippen LogP contribution in [0.4, 0.5) is 8.78 Å². The summed E-state index contributed by atoms with van der Waals surface area (Å²) in [5.74, 6) is -0.699. The summed E-state index contributed by atoms with van der Waals surface area (Å²) in [6.45, 7) is 3.07. The van der Waals surface area contributed by atoms with E-state index in [1.807, 2.05) is 0 Å². The van der Waals surface area contributed by atoms with Crippen molar-refractivity contribution in [3.63, 3.8) is 0 Å². The van der Waals surface area contributed by atoms with Crippen molar-refractivity contribution in [1.29, 1.82) is 0 Å². The fraction of sp³-hybridized carbons (Fsp3) is 0.600. The lowest BCUT2D eigenvalue weighted by Crippen LogP contribution is -2.39. The molecule has 1 aromatic carbocycles. The Kier molecular flexibility index (Phi) is 4.88. The van der Waals surface area contributed by atoms with E-state index in [4.69, 9.17) is 0 Å². The first-order chi connectivity index (χ1) is 9.11. The summed E-state index contributed by atoms with van der Waals surface area (Å²) in [7, 11) is 0. The number of halogens is 2. The van der Waals surface area contributed by atoms with Gasteiger partial charge in [0.1, 0.15) is 11.6 Å². The minimum atomic E-state index is -1.09. The Bertz CT molecular complexity index is 404. The van der Waals surface area contributed by atoms with Crippen molar-refractivity contribution in [1.82, 2.24) is 5.32 Å². The lowest BCUT2D eigenvalue weighted by Gasteiger charge is -2.31. The standard InChI is InChI=1S/C15H21F2NO/c1-2-10-6-7-18-11(8-10)9-14(19)15-12(16)4-3-5-13(15)17/h3-5,10-11,14,18-19H,2,6-9H2,1H3. The molecule has 1 aromatic rings. The number of hydrogen-bond acceptors (Lipinski definition) is 2. The number of piperidine rings is 1. The fourth-order valence-electron chi connectivity index (χ4n) is 2.86. The zero-order chi connectivity index (χ0) is 13.8. The molecule has 19 heavy (non-hydrogen) atoms. The molecule has 3 unspecified atom stereocenters. The highest BCUT2D eigenvalue weighted by molar-refractivity contribution is 5.22. The summed E-state index contributed by atoms with van der Waals surface area (Å²) in [6.07, 6.45) is 2.48. The third kappa shape index (κ3) is 3.51. The first-order valence-electron chi connectivity index (χ1n) is 6.97. The van der Waals surface area contributed by atoms with Crippen molar-refractivity contribution in [3.05, 3.63) is 35.4 Å². The van der Waals surface area contributed by atoms with Gasteiger partial charge in [-0.2, -0.15) is 0 Å². The molecule has 1 aliphatic rings. The minimum Gasteiger partial charge on any atom is -0.388 e. The monoisotopic (exact) mass is 269 g/mol. The van der Waals surface area contributed by atoms with Gasteiger partial charge >= 0.3 is 0 Å². The molecule has 1 fully saturated rings. The van der Waals surface area contributed by atoms with Gasteiger partial charge in [-0.1, -0.05) is 19.4 Å². The molecule has 0 spiro atoms. The molecular weight excluding hydrogens is 248 g/mol. The maximum atomic E-state index is 13.6. The number of nitrogens with one attached hydrogen (secondary N) is 1. The highest BCUT2D eigenvalue weighted by atomic mass is 19.1. The van der Waals surface area contributed by atoms with Crippen LogP contribution in [0.3, 0.4) is 0 Å². The second kappa shape index (κ2) is 6.44. The Hall–Kier alpha value is -1.00. The Morgan fingerprint density at radius 1 is 1.37 bits per heavy atom. The Balaban J connectivity index is 2.02. The average molecular weight is 269 g/mol. The van der Waals surface area contributed by atoms with Crippen LogP contribution in [0.25, 0.3) is 0 Å². The molecule has 106 valence electrons. The van der Waals surface area contributed by atoms with Crippen LogP contribution in [0.5, 0.6) is 0 Å². The lowest BCUT2D eigenvalue weighted by atomic mass is 9.87. The molecule has 4 heteroatoms. The number of rotatable bonds is 4. The summed E-state index contributed by atoms with van der Waals surface area (Å²) in [6, 6.07) is 3.82. The highest BCUT2D eigenvalue weighted by Gasteiger charge is 2.25. The average Bonchev–Trinajstić information content (AvgIpc) is 2.38. The van der Waals surface area contributed by atoms with Gasteiger partial charge in [-0.3, -0.25) is 0 Å². The second-order valence-electron chi connectivity index (χ2n) is 5.34. The van der Waals surface area contributed by atoms with Crippen LogP contribution in [0.2, 0.25) is 0 Å². The summed E-state index contributed by atoms with van der Waals surface area (Å²) in [5.41, 5.74) is -0.206. The van der Waals surface area contributed by atoms with Gasteiger partial charge in [0.15, 0.2) is 0 Å². The molecular formula is C15H21F2NO. The molecule has 0 bridgehead atoms. The van der Waals surface area contributed by atoms with Crippen LogP contribution in [-0.2, 0) is 0 Å². The van der Waals surface area contributed by atoms with E-state index in [0.29, 0.717) is 12.3 Å². The van der Waals surface area contributed by atoms with E-state index in [1.165, 1.54) is 18.2 Å². The van der Waals surface area contributed by atoms with E-state index in [-0.39, 0.29) is 11.6 Å². The Labute approximate surface area is 112 Å². The highest BCUT2D eigenvalue weighted by Crippen LogP contribution is 2.28. The third-order valence-electron chi connectivity index (χ3n) is 4.02. The van der Waals surface area contributed by atoms with Gasteiger partial charge in [-0.25, -0.2) is 8.78 Å². The van der Waals surface area contributed by atoms with Crippen molar-refractivity contribution in [2.45, 2.75) is 44.8 Å². The summed E-state index contributed by atoms with van der Waals surface area (Å²) in [4.78, 5) is 0. The normalized spacial score (nSPS) is 25.3. The van der Waals surface area contributed by atoms with Crippen LogP contribution < -0.4 is 5.32 Å². The maximum Gasteiger partial charge on any atom is 0.131 e. The zero-order valence-electron chi connectivity index (χ0n) is 11.2. The largest absolute Gasteiger partial charge is 0.388 e. The van der Waals surface area contributed by atoms with E-state index < -0.39 is 17.7 Å². The van der Waals surface area contributed by atoms with Crippen LogP contribution in [0.1, 0.15) is 44.3 Å². The van der Waals surface area contributed by atoms with E-state index in [2.05, 4.69) is 12.2 Å². The molecule has 0 saturated carbocycles. The lowest BCUT2D eigenvalue weighted by molar-refractivity contribution is 0.128. The van der Waals surface area contributed by atoms with E-state index in [0.717, 1.165) is 25.8 Å². The van der Waals surface area contributed by atoms with Crippen LogP contribution in [0.15, 0.2) is 18.2 Å². The van der Waals surface area contributed by atoms with Crippen molar-refractivity contribution in [3.8, 4) is 0 Å². The smallest absolute Gasteiger partial charge is 0.131 e. The van der Waals surface area contributed by atoms with Crippen LogP contribution >= 0.6 is 0 Å². The maximum absolute atomic E-state index is 13.6. The molecule has 0 amide bonds. The second-order valence-corrected chi connectivity index (χ2v) is 5.34. The molecule has 3 atom stereocenters. The minimum absolute atomic E-state index is 0.132. The van der Waals surface area contributed by atoms with E-state index >= 15 is 0 Å². The summed E-state index contributed by atoms with van der Waals surface area (Å²) < 4.78 is 27.2. The van der Waals surface area contributed by atoms with Gasteiger partial charge in [0.2, 0.25) is 0 Å². The zero-order valence-corrected chi connectivity index (χ0v) is 11.2. The molecule has 2 N–H and O–H groups in total. The molecule has 0 aromatic heterocycles. The van der Waals surface area contributed by atoms with Gasteiger partial charge in [0.25, 0.3) is 0 Å². The summed E-state index contributed by atoms with van der Waals surface area (Å²) in [5, 5.41) is 13.4. The molecule has 0 radical (unpaired) electrons. The number of aliphatic hydroxyl groups is 1. The van der Waals surface area contributed by atoms with Crippen LogP contribution in [-0.4, -0.2) is 17.7 Å². The van der Waals surface area contributed by atoms with Crippen LogP contribution in [0, 0.1) is 17.6 Å². The molecule has 1 aliphatic heterocycles. The topological polar surface area (TPSA) is 32.3 Å². The van der Waals surface area contributed by atoms with Gasteiger partial charge in [-0.05, 0) is 43.9 Å². The van der Waals surface area contributed by atoms with Gasteiger partial charge in [0.05, 0.1) is 11.7 Å². The van der Waals surface area contributed by atoms with E-state index in [1.54, 1.807) is 0 Å². The predicted molar refractivity (Wildman–Crippen MR) is 70.7 cm³/mol. The Morgan fingerprint density at radius 3 is 2.68 bits per heavy atom. The van der Waals surface area contributed by atoms with Gasteiger partial charge in [-0.15, -0.1) is 0 Å². The van der Waals surface area contributed by atoms with Crippen molar-refractivity contribution < 1.29 is 13.9 Å². The Morgan fingerprint density at radius 2 is 2.05 bits per heavy atom. The molecule has 2 rings (SSSR count). The van der Waals surface area contributed by atoms with E-state index in [9.17, 15) is 13.9 Å². The number of benzene rings is 1. The summed E-state index contributed by atoms with van der Waals surface area (Å²) >= 11 is 0. The van der Waals surface area contributed by atoms with Gasteiger partial charge in [0, 0.05) is 6.04 Å². The molecule has 2 nitrogen and oxygen atoms in total. The molecule has 1 heterocycles. The predicted octanol–water partition coefficient (Wildman–Crippen LogP) is 3.17. The number of hydrogen-bond donors (Lipinski definition) is 2. The fourth-order valence-corrected chi connectivity index (χ4v) is 2.86. The SMILES string of the molecule is CCC1CCNC(CC(O)c2c(F)cccc2F)C1. The molecule has 1 saturated heterocycles.